The van der Waals surface area contributed by atoms with Crippen molar-refractivity contribution in [2.45, 2.75) is 12.6 Å². The van der Waals surface area contributed by atoms with Crippen molar-refractivity contribution in [1.29, 1.82) is 0 Å². The van der Waals surface area contributed by atoms with Crippen LogP contribution in [0.4, 0.5) is 0 Å². The summed E-state index contributed by atoms with van der Waals surface area (Å²) in [4.78, 5) is 34.8. The van der Waals surface area contributed by atoms with Crippen molar-refractivity contribution in [3.63, 3.8) is 0 Å². The maximum atomic E-state index is 12.4. The predicted molar refractivity (Wildman–Crippen MR) is 91.2 cm³/mol. The molecule has 126 valence electrons. The van der Waals surface area contributed by atoms with Crippen molar-refractivity contribution in [3.8, 4) is 5.88 Å². The van der Waals surface area contributed by atoms with Gasteiger partial charge in [0.1, 0.15) is 12.6 Å². The van der Waals surface area contributed by atoms with Gasteiger partial charge in [0.05, 0.1) is 30.3 Å². The summed E-state index contributed by atoms with van der Waals surface area (Å²) in [6, 6.07) is 12.6. The van der Waals surface area contributed by atoms with E-state index in [2.05, 4.69) is 9.97 Å². The molecule has 0 atom stereocenters. The number of benzene rings is 1. The Kier molecular flexibility index (Phi) is 3.89. The molecule has 2 aromatic heterocycles. The van der Waals surface area contributed by atoms with Gasteiger partial charge in [-0.2, -0.15) is 0 Å². The minimum atomic E-state index is -0.208. The fraction of sp³-hybridized carbons (Fsp3) is 0.222. The van der Waals surface area contributed by atoms with E-state index in [1.54, 1.807) is 35.4 Å². The third kappa shape index (κ3) is 3.08. The Balaban J connectivity index is 1.39. The number of carbonyl (C=O) groups is 1. The molecule has 1 aliphatic heterocycles. The fourth-order valence-corrected chi connectivity index (χ4v) is 2.77. The molecule has 1 saturated heterocycles. The van der Waals surface area contributed by atoms with Crippen molar-refractivity contribution in [2.24, 2.45) is 0 Å². The molecule has 25 heavy (non-hydrogen) atoms. The van der Waals surface area contributed by atoms with Gasteiger partial charge in [-0.3, -0.25) is 14.2 Å². The molecule has 3 heterocycles. The highest BCUT2D eigenvalue weighted by atomic mass is 16.5. The normalized spacial score (nSPS) is 14.3. The average molecular weight is 336 g/mol. The molecule has 1 aromatic carbocycles. The van der Waals surface area contributed by atoms with Crippen LogP contribution in [0.2, 0.25) is 0 Å². The summed E-state index contributed by atoms with van der Waals surface area (Å²) in [5, 5.41) is 0.512. The SMILES string of the molecule is O=C(Cn1cnc2ccccc2c1=O)N1CC(Oc2ccccn2)C1. The molecule has 7 nitrogen and oxygen atoms in total. The molecule has 0 unspecified atom stereocenters. The topological polar surface area (TPSA) is 77.3 Å². The zero-order chi connectivity index (χ0) is 17.2. The Hall–Kier alpha value is -3.22. The molecule has 1 fully saturated rings. The van der Waals surface area contributed by atoms with Crippen LogP contribution in [0.5, 0.6) is 5.88 Å². The zero-order valence-corrected chi connectivity index (χ0v) is 13.4. The summed E-state index contributed by atoms with van der Waals surface area (Å²) in [5.41, 5.74) is 0.421. The second-order valence-corrected chi connectivity index (χ2v) is 5.90. The van der Waals surface area contributed by atoms with Gasteiger partial charge in [0.25, 0.3) is 5.56 Å². The summed E-state index contributed by atoms with van der Waals surface area (Å²) in [5.74, 6) is 0.426. The van der Waals surface area contributed by atoms with Gasteiger partial charge < -0.3 is 9.64 Å². The number of rotatable bonds is 4. The Morgan fingerprint density at radius 1 is 1.12 bits per heavy atom. The lowest BCUT2D eigenvalue weighted by atomic mass is 10.1. The molecule has 3 aromatic rings. The first-order valence-corrected chi connectivity index (χ1v) is 8.00. The largest absolute Gasteiger partial charge is 0.471 e. The van der Waals surface area contributed by atoms with Crippen LogP contribution in [0.15, 0.2) is 59.8 Å². The number of hydrogen-bond acceptors (Lipinski definition) is 5. The number of likely N-dealkylation sites (tertiary alicyclic amines) is 1. The average Bonchev–Trinajstić information content (AvgIpc) is 2.61. The van der Waals surface area contributed by atoms with E-state index in [1.807, 2.05) is 18.2 Å². The third-order valence-corrected chi connectivity index (χ3v) is 4.16. The Labute approximate surface area is 143 Å². The Bertz CT molecular complexity index is 965. The number of nitrogens with zero attached hydrogens (tertiary/aromatic N) is 4. The van der Waals surface area contributed by atoms with Crippen LogP contribution in [0.25, 0.3) is 10.9 Å². The highest BCUT2D eigenvalue weighted by Crippen LogP contribution is 2.16. The van der Waals surface area contributed by atoms with Gasteiger partial charge >= 0.3 is 0 Å². The van der Waals surface area contributed by atoms with E-state index < -0.39 is 0 Å². The van der Waals surface area contributed by atoms with Crippen LogP contribution >= 0.6 is 0 Å². The number of ether oxygens (including phenoxy) is 1. The molecule has 4 rings (SSSR count). The number of pyridine rings is 1. The molecule has 0 radical (unpaired) electrons. The summed E-state index contributed by atoms with van der Waals surface area (Å²) < 4.78 is 7.02. The maximum Gasteiger partial charge on any atom is 0.261 e. The van der Waals surface area contributed by atoms with Crippen molar-refractivity contribution >= 4 is 16.8 Å². The fourth-order valence-electron chi connectivity index (χ4n) is 2.77. The number of para-hydroxylation sites is 1. The van der Waals surface area contributed by atoms with Crippen LogP contribution in [-0.2, 0) is 11.3 Å². The van der Waals surface area contributed by atoms with Crippen molar-refractivity contribution in [2.75, 3.05) is 13.1 Å². The Morgan fingerprint density at radius 3 is 2.72 bits per heavy atom. The van der Waals surface area contributed by atoms with E-state index in [9.17, 15) is 9.59 Å². The Morgan fingerprint density at radius 2 is 1.92 bits per heavy atom. The van der Waals surface area contributed by atoms with Crippen LogP contribution in [0.1, 0.15) is 0 Å². The summed E-state index contributed by atoms with van der Waals surface area (Å²) in [6.07, 6.45) is 3.02. The van der Waals surface area contributed by atoms with Gasteiger partial charge in [0.2, 0.25) is 11.8 Å². The predicted octanol–water partition coefficient (Wildman–Crippen LogP) is 1.08. The first-order chi connectivity index (χ1) is 12.2. The lowest BCUT2D eigenvalue weighted by molar-refractivity contribution is -0.140. The second kappa shape index (κ2) is 6.35. The number of fused-ring (bicyclic) bond motifs is 1. The van der Waals surface area contributed by atoms with Gasteiger partial charge in [-0.1, -0.05) is 18.2 Å². The lowest BCUT2D eigenvalue weighted by Crippen LogP contribution is -2.57. The minimum absolute atomic E-state index is 0.0209. The van der Waals surface area contributed by atoms with E-state index in [0.717, 1.165) is 0 Å². The minimum Gasteiger partial charge on any atom is -0.471 e. The molecular formula is C18H16N4O3. The van der Waals surface area contributed by atoms with Crippen molar-refractivity contribution < 1.29 is 9.53 Å². The second-order valence-electron chi connectivity index (χ2n) is 5.90. The van der Waals surface area contributed by atoms with Gasteiger partial charge in [0, 0.05) is 12.3 Å². The molecule has 0 bridgehead atoms. The van der Waals surface area contributed by atoms with E-state index in [0.29, 0.717) is 29.9 Å². The first-order valence-electron chi connectivity index (χ1n) is 8.00. The number of amides is 1. The van der Waals surface area contributed by atoms with Crippen LogP contribution in [-0.4, -0.2) is 44.5 Å². The van der Waals surface area contributed by atoms with Gasteiger partial charge in [-0.25, -0.2) is 9.97 Å². The van der Waals surface area contributed by atoms with E-state index in [-0.39, 0.29) is 24.1 Å². The highest BCUT2D eigenvalue weighted by Gasteiger charge is 2.32. The molecular weight excluding hydrogens is 320 g/mol. The lowest BCUT2D eigenvalue weighted by Gasteiger charge is -2.38. The smallest absolute Gasteiger partial charge is 0.261 e. The zero-order valence-electron chi connectivity index (χ0n) is 13.4. The molecule has 1 aliphatic rings. The highest BCUT2D eigenvalue weighted by molar-refractivity contribution is 5.79. The van der Waals surface area contributed by atoms with E-state index in [4.69, 9.17) is 4.74 Å². The summed E-state index contributed by atoms with van der Waals surface area (Å²) in [7, 11) is 0. The molecule has 0 spiro atoms. The number of aromatic nitrogens is 3. The van der Waals surface area contributed by atoms with Gasteiger partial charge in [-0.15, -0.1) is 0 Å². The molecule has 0 aliphatic carbocycles. The van der Waals surface area contributed by atoms with Crippen LogP contribution in [0.3, 0.4) is 0 Å². The summed E-state index contributed by atoms with van der Waals surface area (Å²) >= 11 is 0. The molecule has 1 amide bonds. The first kappa shape index (κ1) is 15.3. The van der Waals surface area contributed by atoms with Gasteiger partial charge in [0.15, 0.2) is 0 Å². The molecule has 0 N–H and O–H groups in total. The van der Waals surface area contributed by atoms with E-state index >= 15 is 0 Å². The molecule has 0 saturated carbocycles. The third-order valence-electron chi connectivity index (χ3n) is 4.16. The summed E-state index contributed by atoms with van der Waals surface area (Å²) in [6.45, 7) is 0.962. The van der Waals surface area contributed by atoms with E-state index in [1.165, 1.54) is 10.9 Å². The molecule has 7 heteroatoms. The standard InChI is InChI=1S/C18H16N4O3/c23-17(21-9-13(10-21)25-16-7-3-4-8-19-16)11-22-12-20-15-6-2-1-5-14(15)18(22)24/h1-8,12-13H,9-11H2. The van der Waals surface area contributed by atoms with Crippen molar-refractivity contribution in [1.82, 2.24) is 19.4 Å². The maximum absolute atomic E-state index is 12.4. The monoisotopic (exact) mass is 336 g/mol. The van der Waals surface area contributed by atoms with Gasteiger partial charge in [-0.05, 0) is 18.2 Å². The number of carbonyl (C=O) groups excluding carboxylic acids is 1. The number of hydrogen-bond donors (Lipinski definition) is 0. The van der Waals surface area contributed by atoms with Crippen molar-refractivity contribution in [3.05, 3.63) is 65.3 Å². The quantitative estimate of drug-likeness (QED) is 0.712. The van der Waals surface area contributed by atoms with Crippen LogP contribution in [0, 0.1) is 0 Å². The van der Waals surface area contributed by atoms with Crippen LogP contribution < -0.4 is 10.3 Å².